The summed E-state index contributed by atoms with van der Waals surface area (Å²) < 4.78 is 35.9. The lowest BCUT2D eigenvalue weighted by atomic mass is 10.3. The van der Waals surface area contributed by atoms with Crippen LogP contribution in [0.1, 0.15) is 0 Å². The average Bonchev–Trinajstić information content (AvgIpc) is 2.37. The molecule has 0 heterocycles. The van der Waals surface area contributed by atoms with Gasteiger partial charge in [0.05, 0.1) is 19.8 Å². The van der Waals surface area contributed by atoms with Crippen molar-refractivity contribution in [2.45, 2.75) is 11.0 Å². The summed E-state index contributed by atoms with van der Waals surface area (Å²) in [6.07, 6.45) is -0.889. The Balaban J connectivity index is 2.80. The van der Waals surface area contributed by atoms with Crippen LogP contribution in [0.15, 0.2) is 29.2 Å². The SMILES string of the molecule is COCC(O)CNS(=O)(=O)c1ccccc1OC. The molecule has 7 heteroatoms. The summed E-state index contributed by atoms with van der Waals surface area (Å²) in [6.45, 7) is -0.0529. The Kier molecular flexibility index (Phi) is 5.54. The van der Waals surface area contributed by atoms with Crippen molar-refractivity contribution >= 4 is 10.0 Å². The number of aliphatic hydroxyl groups is 1. The Morgan fingerprint density at radius 3 is 2.61 bits per heavy atom. The molecule has 1 unspecified atom stereocenters. The number of ether oxygens (including phenoxy) is 2. The zero-order valence-corrected chi connectivity index (χ0v) is 11.1. The number of hydrogen-bond donors (Lipinski definition) is 2. The van der Waals surface area contributed by atoms with Crippen molar-refractivity contribution in [2.24, 2.45) is 0 Å². The van der Waals surface area contributed by atoms with Crippen LogP contribution in [0.2, 0.25) is 0 Å². The van der Waals surface area contributed by atoms with Gasteiger partial charge in [0.2, 0.25) is 10.0 Å². The van der Waals surface area contributed by atoms with Crippen LogP contribution < -0.4 is 9.46 Å². The lowest BCUT2D eigenvalue weighted by Gasteiger charge is -2.13. The van der Waals surface area contributed by atoms with Gasteiger partial charge in [0, 0.05) is 13.7 Å². The van der Waals surface area contributed by atoms with Crippen LogP contribution in [0.25, 0.3) is 0 Å². The topological polar surface area (TPSA) is 84.9 Å². The zero-order chi connectivity index (χ0) is 13.6. The number of methoxy groups -OCH3 is 2. The summed E-state index contributed by atoms with van der Waals surface area (Å²) in [5.74, 6) is 0.256. The normalized spacial score (nSPS) is 13.3. The number of sulfonamides is 1. The summed E-state index contributed by atoms with van der Waals surface area (Å²) in [7, 11) is -0.882. The van der Waals surface area contributed by atoms with Gasteiger partial charge in [-0.15, -0.1) is 0 Å². The standard InChI is InChI=1S/C11H17NO5S/c1-16-8-9(13)7-12-18(14,15)11-6-4-3-5-10(11)17-2/h3-6,9,12-13H,7-8H2,1-2H3. The molecular weight excluding hydrogens is 258 g/mol. The highest BCUT2D eigenvalue weighted by Crippen LogP contribution is 2.22. The Morgan fingerprint density at radius 2 is 2.00 bits per heavy atom. The minimum absolute atomic E-state index is 0.0390. The van der Waals surface area contributed by atoms with Gasteiger partial charge in [-0.05, 0) is 12.1 Å². The van der Waals surface area contributed by atoms with E-state index in [0.29, 0.717) is 0 Å². The molecule has 0 aliphatic heterocycles. The molecule has 1 atom stereocenters. The van der Waals surface area contributed by atoms with Gasteiger partial charge >= 0.3 is 0 Å². The van der Waals surface area contributed by atoms with Gasteiger partial charge in [0.15, 0.2) is 0 Å². The molecule has 102 valence electrons. The van der Waals surface area contributed by atoms with E-state index in [0.717, 1.165) is 0 Å². The predicted molar refractivity (Wildman–Crippen MR) is 66.1 cm³/mol. The quantitative estimate of drug-likeness (QED) is 0.730. The molecule has 1 rings (SSSR count). The smallest absolute Gasteiger partial charge is 0.244 e. The summed E-state index contributed by atoms with van der Waals surface area (Å²) in [4.78, 5) is 0.0390. The van der Waals surface area contributed by atoms with Crippen LogP contribution in [-0.4, -0.2) is 47.0 Å². The number of aliphatic hydroxyl groups excluding tert-OH is 1. The number of nitrogens with one attached hydrogen (secondary N) is 1. The average molecular weight is 275 g/mol. The molecule has 0 fully saturated rings. The van der Waals surface area contributed by atoms with Gasteiger partial charge < -0.3 is 14.6 Å². The predicted octanol–water partition coefficient (Wildman–Crippen LogP) is -0.0192. The van der Waals surface area contributed by atoms with E-state index in [1.165, 1.54) is 20.3 Å². The van der Waals surface area contributed by atoms with Crippen LogP contribution in [-0.2, 0) is 14.8 Å². The molecule has 0 aliphatic carbocycles. The first kappa shape index (κ1) is 14.9. The molecule has 0 radical (unpaired) electrons. The largest absolute Gasteiger partial charge is 0.495 e. The van der Waals surface area contributed by atoms with E-state index < -0.39 is 16.1 Å². The second-order valence-corrected chi connectivity index (χ2v) is 5.35. The Hall–Kier alpha value is -1.15. The first-order valence-electron chi connectivity index (χ1n) is 5.31. The van der Waals surface area contributed by atoms with Crippen LogP contribution in [0, 0.1) is 0 Å². The molecule has 6 nitrogen and oxygen atoms in total. The number of benzene rings is 1. The Morgan fingerprint density at radius 1 is 1.33 bits per heavy atom. The highest BCUT2D eigenvalue weighted by molar-refractivity contribution is 7.89. The van der Waals surface area contributed by atoms with E-state index in [9.17, 15) is 13.5 Å². The van der Waals surface area contributed by atoms with Gasteiger partial charge in [-0.3, -0.25) is 0 Å². The first-order valence-corrected chi connectivity index (χ1v) is 6.79. The van der Waals surface area contributed by atoms with Gasteiger partial charge in [0.25, 0.3) is 0 Å². The summed E-state index contributed by atoms with van der Waals surface area (Å²) in [6, 6.07) is 6.27. The molecule has 0 aromatic heterocycles. The molecule has 2 N–H and O–H groups in total. The van der Waals surface area contributed by atoms with Crippen molar-refractivity contribution in [3.05, 3.63) is 24.3 Å². The molecule has 0 saturated heterocycles. The highest BCUT2D eigenvalue weighted by Gasteiger charge is 2.19. The van der Waals surface area contributed by atoms with E-state index in [-0.39, 0.29) is 23.8 Å². The second kappa shape index (κ2) is 6.69. The maximum Gasteiger partial charge on any atom is 0.244 e. The third-order valence-corrected chi connectivity index (χ3v) is 3.69. The molecule has 0 bridgehead atoms. The molecule has 1 aromatic carbocycles. The van der Waals surface area contributed by atoms with Gasteiger partial charge in [-0.2, -0.15) is 0 Å². The van der Waals surface area contributed by atoms with Crippen LogP contribution in [0.4, 0.5) is 0 Å². The Labute approximate surface area is 107 Å². The van der Waals surface area contributed by atoms with Crippen molar-refractivity contribution in [3.8, 4) is 5.75 Å². The van der Waals surface area contributed by atoms with Crippen LogP contribution in [0.5, 0.6) is 5.75 Å². The zero-order valence-electron chi connectivity index (χ0n) is 10.3. The number of hydrogen-bond acceptors (Lipinski definition) is 5. The van der Waals surface area contributed by atoms with Crippen molar-refractivity contribution in [1.29, 1.82) is 0 Å². The van der Waals surface area contributed by atoms with E-state index in [4.69, 9.17) is 9.47 Å². The van der Waals surface area contributed by atoms with Crippen LogP contribution in [0.3, 0.4) is 0 Å². The lowest BCUT2D eigenvalue weighted by Crippen LogP contribution is -2.34. The maximum atomic E-state index is 12.0. The summed E-state index contributed by atoms with van der Waals surface area (Å²) in [5.41, 5.74) is 0. The molecule has 0 saturated carbocycles. The van der Waals surface area contributed by atoms with Gasteiger partial charge in [-0.1, -0.05) is 12.1 Å². The Bertz CT molecular complexity index is 474. The minimum Gasteiger partial charge on any atom is -0.495 e. The fourth-order valence-electron chi connectivity index (χ4n) is 1.38. The molecular formula is C11H17NO5S. The second-order valence-electron chi connectivity index (χ2n) is 3.61. The van der Waals surface area contributed by atoms with Gasteiger partial charge in [0.1, 0.15) is 10.6 Å². The molecule has 18 heavy (non-hydrogen) atoms. The van der Waals surface area contributed by atoms with Gasteiger partial charge in [-0.25, -0.2) is 13.1 Å². The van der Waals surface area contributed by atoms with Crippen molar-refractivity contribution in [1.82, 2.24) is 4.72 Å². The third kappa shape index (κ3) is 3.95. The molecule has 0 aliphatic rings. The number of rotatable bonds is 7. The van der Waals surface area contributed by atoms with Crippen LogP contribution >= 0.6 is 0 Å². The number of para-hydroxylation sites is 1. The molecule has 1 aromatic rings. The summed E-state index contributed by atoms with van der Waals surface area (Å²) in [5, 5.41) is 9.40. The lowest BCUT2D eigenvalue weighted by molar-refractivity contribution is 0.0679. The monoisotopic (exact) mass is 275 g/mol. The van der Waals surface area contributed by atoms with Crippen molar-refractivity contribution in [3.63, 3.8) is 0 Å². The fourth-order valence-corrected chi connectivity index (χ4v) is 2.62. The van der Waals surface area contributed by atoms with Crippen molar-refractivity contribution < 1.29 is 23.0 Å². The molecule has 0 spiro atoms. The van der Waals surface area contributed by atoms with E-state index in [2.05, 4.69) is 4.72 Å². The van der Waals surface area contributed by atoms with E-state index >= 15 is 0 Å². The molecule has 0 amide bonds. The first-order chi connectivity index (χ1) is 8.51. The van der Waals surface area contributed by atoms with E-state index in [1.54, 1.807) is 18.2 Å². The third-order valence-electron chi connectivity index (χ3n) is 2.23. The fraction of sp³-hybridized carbons (Fsp3) is 0.455. The summed E-state index contributed by atoms with van der Waals surface area (Å²) >= 11 is 0. The minimum atomic E-state index is -3.71. The maximum absolute atomic E-state index is 12.0. The highest BCUT2D eigenvalue weighted by atomic mass is 32.2. The van der Waals surface area contributed by atoms with E-state index in [1.807, 2.05) is 0 Å². The van der Waals surface area contributed by atoms with Crippen molar-refractivity contribution in [2.75, 3.05) is 27.4 Å².